The van der Waals surface area contributed by atoms with Gasteiger partial charge in [0.25, 0.3) is 0 Å². The first-order valence-corrected chi connectivity index (χ1v) is 7.40. The summed E-state index contributed by atoms with van der Waals surface area (Å²) in [6, 6.07) is 9.52. The Kier molecular flexibility index (Phi) is 4.10. The molecule has 1 saturated heterocycles. The predicted molar refractivity (Wildman–Crippen MR) is 79.9 cm³/mol. The van der Waals surface area contributed by atoms with Crippen molar-refractivity contribution in [3.05, 3.63) is 36.1 Å². The summed E-state index contributed by atoms with van der Waals surface area (Å²) >= 11 is 0. The zero-order valence-corrected chi connectivity index (χ0v) is 11.9. The molecule has 1 atom stereocenters. The average molecular weight is 288 g/mol. The van der Waals surface area contributed by atoms with Crippen molar-refractivity contribution in [2.24, 2.45) is 0 Å². The standard InChI is InChI=1S/C16H20N2O3/c19-11-13-6-3-4-8-18(13)16(20)17-10-14-9-12-5-1-2-7-15(12)21-14/h1-2,5,7,9,13,19H,3-4,6,8,10-11H2,(H,17,20). The van der Waals surface area contributed by atoms with Gasteiger partial charge in [-0.1, -0.05) is 18.2 Å². The first-order chi connectivity index (χ1) is 10.3. The number of carbonyl (C=O) groups excluding carboxylic acids is 1. The number of fused-ring (bicyclic) bond motifs is 1. The fraction of sp³-hybridized carbons (Fsp3) is 0.438. The van der Waals surface area contributed by atoms with Gasteiger partial charge >= 0.3 is 6.03 Å². The number of rotatable bonds is 3. The lowest BCUT2D eigenvalue weighted by Crippen LogP contribution is -2.49. The number of hydrogen-bond donors (Lipinski definition) is 2. The van der Waals surface area contributed by atoms with Gasteiger partial charge in [0, 0.05) is 11.9 Å². The molecule has 1 aromatic carbocycles. The summed E-state index contributed by atoms with van der Waals surface area (Å²) in [6.07, 6.45) is 2.93. The summed E-state index contributed by atoms with van der Waals surface area (Å²) in [5.74, 6) is 0.738. The fourth-order valence-electron chi connectivity index (χ4n) is 2.85. The molecule has 0 radical (unpaired) electrons. The Morgan fingerprint density at radius 1 is 1.38 bits per heavy atom. The van der Waals surface area contributed by atoms with Gasteiger partial charge in [-0.2, -0.15) is 0 Å². The van der Waals surface area contributed by atoms with Crippen molar-refractivity contribution in [1.29, 1.82) is 0 Å². The lowest BCUT2D eigenvalue weighted by molar-refractivity contribution is 0.107. The van der Waals surface area contributed by atoms with E-state index in [-0.39, 0.29) is 18.7 Å². The van der Waals surface area contributed by atoms with Gasteiger partial charge in [0.15, 0.2) is 0 Å². The van der Waals surface area contributed by atoms with Crippen molar-refractivity contribution in [2.75, 3.05) is 13.2 Å². The molecule has 5 heteroatoms. The van der Waals surface area contributed by atoms with Crippen molar-refractivity contribution >= 4 is 17.0 Å². The summed E-state index contributed by atoms with van der Waals surface area (Å²) in [5.41, 5.74) is 0.827. The molecule has 3 rings (SSSR count). The molecule has 1 fully saturated rings. The number of carbonyl (C=O) groups is 1. The van der Waals surface area contributed by atoms with Crippen LogP contribution in [0.25, 0.3) is 11.0 Å². The summed E-state index contributed by atoms with van der Waals surface area (Å²) in [4.78, 5) is 13.9. The van der Waals surface area contributed by atoms with Crippen LogP contribution in [0.3, 0.4) is 0 Å². The molecule has 2 N–H and O–H groups in total. The van der Waals surface area contributed by atoms with Crippen molar-refractivity contribution in [3.63, 3.8) is 0 Å². The third kappa shape index (κ3) is 3.03. The topological polar surface area (TPSA) is 65.7 Å². The zero-order chi connectivity index (χ0) is 14.7. The van der Waals surface area contributed by atoms with Crippen LogP contribution in [-0.4, -0.2) is 35.2 Å². The third-order valence-corrected chi connectivity index (χ3v) is 3.99. The Balaban J connectivity index is 1.62. The number of benzene rings is 1. The van der Waals surface area contributed by atoms with Crippen LogP contribution in [0, 0.1) is 0 Å². The molecule has 5 nitrogen and oxygen atoms in total. The van der Waals surface area contributed by atoms with E-state index < -0.39 is 0 Å². The highest BCUT2D eigenvalue weighted by Gasteiger charge is 2.25. The number of nitrogens with one attached hydrogen (secondary N) is 1. The van der Waals surface area contributed by atoms with Crippen LogP contribution in [0.5, 0.6) is 0 Å². The van der Waals surface area contributed by atoms with E-state index in [1.54, 1.807) is 4.90 Å². The van der Waals surface area contributed by atoms with Crippen molar-refractivity contribution in [1.82, 2.24) is 10.2 Å². The van der Waals surface area contributed by atoms with Gasteiger partial charge in [0.2, 0.25) is 0 Å². The van der Waals surface area contributed by atoms with Crippen LogP contribution in [0.1, 0.15) is 25.0 Å². The number of furan rings is 1. The largest absolute Gasteiger partial charge is 0.459 e. The summed E-state index contributed by atoms with van der Waals surface area (Å²) in [5, 5.41) is 13.3. The number of aliphatic hydroxyl groups is 1. The number of nitrogens with zero attached hydrogens (tertiary/aromatic N) is 1. The Hall–Kier alpha value is -2.01. The highest BCUT2D eigenvalue weighted by molar-refractivity contribution is 5.78. The maximum Gasteiger partial charge on any atom is 0.318 e. The van der Waals surface area contributed by atoms with E-state index in [1.807, 2.05) is 30.3 Å². The van der Waals surface area contributed by atoms with Crippen molar-refractivity contribution in [3.8, 4) is 0 Å². The van der Waals surface area contributed by atoms with E-state index in [0.29, 0.717) is 13.1 Å². The van der Waals surface area contributed by atoms with Crippen LogP contribution in [0.15, 0.2) is 34.7 Å². The van der Waals surface area contributed by atoms with Gasteiger partial charge in [-0.3, -0.25) is 0 Å². The van der Waals surface area contributed by atoms with E-state index in [1.165, 1.54) is 0 Å². The molecule has 112 valence electrons. The second-order valence-corrected chi connectivity index (χ2v) is 5.43. The molecule has 2 heterocycles. The first-order valence-electron chi connectivity index (χ1n) is 7.40. The molecular formula is C16H20N2O3. The number of piperidine rings is 1. The molecular weight excluding hydrogens is 268 g/mol. The number of para-hydroxylation sites is 1. The highest BCUT2D eigenvalue weighted by Crippen LogP contribution is 2.19. The highest BCUT2D eigenvalue weighted by atomic mass is 16.3. The lowest BCUT2D eigenvalue weighted by atomic mass is 10.0. The lowest BCUT2D eigenvalue weighted by Gasteiger charge is -2.34. The zero-order valence-electron chi connectivity index (χ0n) is 11.9. The Morgan fingerprint density at radius 3 is 3.05 bits per heavy atom. The molecule has 0 aliphatic carbocycles. The van der Waals surface area contributed by atoms with Gasteiger partial charge in [0.1, 0.15) is 11.3 Å². The van der Waals surface area contributed by atoms with Crippen molar-refractivity contribution < 1.29 is 14.3 Å². The number of urea groups is 1. The minimum absolute atomic E-state index is 0.0259. The van der Waals surface area contributed by atoms with Gasteiger partial charge in [-0.05, 0) is 31.4 Å². The van der Waals surface area contributed by atoms with Crippen LogP contribution in [0.2, 0.25) is 0 Å². The Labute approximate surface area is 123 Å². The molecule has 2 aromatic rings. The normalized spacial score (nSPS) is 18.9. The molecule has 21 heavy (non-hydrogen) atoms. The van der Waals surface area contributed by atoms with E-state index in [0.717, 1.165) is 36.0 Å². The molecule has 2 amide bonds. The maximum atomic E-state index is 12.2. The number of amides is 2. The third-order valence-electron chi connectivity index (χ3n) is 3.99. The minimum Gasteiger partial charge on any atom is -0.459 e. The van der Waals surface area contributed by atoms with Gasteiger partial charge in [-0.25, -0.2) is 4.79 Å². The number of aliphatic hydroxyl groups excluding tert-OH is 1. The molecule has 0 bridgehead atoms. The van der Waals surface area contributed by atoms with Gasteiger partial charge in [-0.15, -0.1) is 0 Å². The van der Waals surface area contributed by atoms with E-state index in [4.69, 9.17) is 4.42 Å². The molecule has 1 aliphatic rings. The van der Waals surface area contributed by atoms with Crippen LogP contribution < -0.4 is 5.32 Å². The number of likely N-dealkylation sites (tertiary alicyclic amines) is 1. The molecule has 0 saturated carbocycles. The first kappa shape index (κ1) is 13.9. The van der Waals surface area contributed by atoms with E-state index in [9.17, 15) is 9.90 Å². The second-order valence-electron chi connectivity index (χ2n) is 5.43. The molecule has 1 aliphatic heterocycles. The minimum atomic E-state index is -0.130. The monoisotopic (exact) mass is 288 g/mol. The van der Waals surface area contributed by atoms with Crippen LogP contribution in [-0.2, 0) is 6.54 Å². The molecule has 1 aromatic heterocycles. The predicted octanol–water partition coefficient (Wildman–Crippen LogP) is 2.49. The Morgan fingerprint density at radius 2 is 2.24 bits per heavy atom. The second kappa shape index (κ2) is 6.18. The van der Waals surface area contributed by atoms with E-state index >= 15 is 0 Å². The molecule has 1 unspecified atom stereocenters. The average Bonchev–Trinajstić information content (AvgIpc) is 2.95. The van der Waals surface area contributed by atoms with Gasteiger partial charge in [0.05, 0.1) is 19.2 Å². The van der Waals surface area contributed by atoms with Crippen LogP contribution >= 0.6 is 0 Å². The smallest absolute Gasteiger partial charge is 0.318 e. The SMILES string of the molecule is O=C(NCc1cc2ccccc2o1)N1CCCCC1CO. The van der Waals surface area contributed by atoms with E-state index in [2.05, 4.69) is 5.32 Å². The summed E-state index contributed by atoms with van der Waals surface area (Å²) in [6.45, 7) is 1.09. The summed E-state index contributed by atoms with van der Waals surface area (Å²) < 4.78 is 5.68. The Bertz CT molecular complexity index is 590. The number of hydrogen-bond acceptors (Lipinski definition) is 3. The maximum absolute atomic E-state index is 12.2. The fourth-order valence-corrected chi connectivity index (χ4v) is 2.85. The van der Waals surface area contributed by atoms with Crippen LogP contribution in [0.4, 0.5) is 4.79 Å². The van der Waals surface area contributed by atoms with Crippen molar-refractivity contribution in [2.45, 2.75) is 31.8 Å². The molecule has 0 spiro atoms. The quantitative estimate of drug-likeness (QED) is 0.912. The van der Waals surface area contributed by atoms with Gasteiger partial charge < -0.3 is 19.7 Å². The summed E-state index contributed by atoms with van der Waals surface area (Å²) in [7, 11) is 0.